The first-order valence-corrected chi connectivity index (χ1v) is 6.23. The van der Waals surface area contributed by atoms with Gasteiger partial charge in [0.1, 0.15) is 6.07 Å². The van der Waals surface area contributed by atoms with Crippen LogP contribution in [0.1, 0.15) is 12.5 Å². The van der Waals surface area contributed by atoms with Crippen LogP contribution in [-0.2, 0) is 9.53 Å². The number of aromatic nitrogens is 1. The SMILES string of the molecule is COC(=O)C(C)CSc1ncc(C#N)cc1[N+](=O)[O-]. The van der Waals surface area contributed by atoms with Crippen molar-refractivity contribution < 1.29 is 14.5 Å². The molecule has 100 valence electrons. The number of carbonyl (C=O) groups is 1. The summed E-state index contributed by atoms with van der Waals surface area (Å²) in [7, 11) is 1.28. The number of methoxy groups -OCH3 is 1. The van der Waals surface area contributed by atoms with Crippen LogP contribution >= 0.6 is 11.8 Å². The van der Waals surface area contributed by atoms with Crippen molar-refractivity contribution in [2.45, 2.75) is 11.9 Å². The number of hydrogen-bond donors (Lipinski definition) is 0. The third-order valence-corrected chi connectivity index (χ3v) is 3.49. The second kappa shape index (κ2) is 6.70. The molecule has 0 N–H and O–H groups in total. The van der Waals surface area contributed by atoms with E-state index >= 15 is 0 Å². The van der Waals surface area contributed by atoms with E-state index in [9.17, 15) is 14.9 Å². The Labute approximate surface area is 113 Å². The van der Waals surface area contributed by atoms with Crippen LogP contribution in [0.4, 0.5) is 5.69 Å². The first kappa shape index (κ1) is 14.9. The van der Waals surface area contributed by atoms with E-state index in [-0.39, 0.29) is 22.2 Å². The number of esters is 1. The quantitative estimate of drug-likeness (QED) is 0.350. The number of nitriles is 1. The zero-order valence-corrected chi connectivity index (χ0v) is 11.1. The van der Waals surface area contributed by atoms with E-state index < -0.39 is 10.8 Å². The molecule has 0 amide bonds. The van der Waals surface area contributed by atoms with E-state index in [1.807, 2.05) is 0 Å². The van der Waals surface area contributed by atoms with Crippen molar-refractivity contribution in [2.75, 3.05) is 12.9 Å². The fourth-order valence-corrected chi connectivity index (χ4v) is 2.17. The summed E-state index contributed by atoms with van der Waals surface area (Å²) in [5, 5.41) is 19.7. The van der Waals surface area contributed by atoms with E-state index in [1.165, 1.54) is 13.3 Å². The maximum atomic E-state index is 11.2. The van der Waals surface area contributed by atoms with Crippen LogP contribution in [0.15, 0.2) is 17.3 Å². The molecule has 0 aromatic carbocycles. The molecule has 0 radical (unpaired) electrons. The van der Waals surface area contributed by atoms with Crippen molar-refractivity contribution in [1.29, 1.82) is 5.26 Å². The van der Waals surface area contributed by atoms with Gasteiger partial charge in [-0.3, -0.25) is 14.9 Å². The lowest BCUT2D eigenvalue weighted by Gasteiger charge is -2.08. The molecule has 0 fully saturated rings. The molecule has 0 aliphatic rings. The molecule has 0 aliphatic carbocycles. The number of thioether (sulfide) groups is 1. The summed E-state index contributed by atoms with van der Waals surface area (Å²) in [4.78, 5) is 25.4. The first-order valence-electron chi connectivity index (χ1n) is 5.24. The van der Waals surface area contributed by atoms with Crippen molar-refractivity contribution in [2.24, 2.45) is 5.92 Å². The fourth-order valence-electron chi connectivity index (χ4n) is 1.22. The highest BCUT2D eigenvalue weighted by molar-refractivity contribution is 7.99. The third kappa shape index (κ3) is 3.93. The minimum Gasteiger partial charge on any atom is -0.469 e. The van der Waals surface area contributed by atoms with Gasteiger partial charge in [-0.2, -0.15) is 5.26 Å². The Hall–Kier alpha value is -2.14. The fraction of sp³-hybridized carbons (Fsp3) is 0.364. The van der Waals surface area contributed by atoms with Gasteiger partial charge in [-0.15, -0.1) is 0 Å². The molecule has 1 heterocycles. The molecule has 0 saturated heterocycles. The Kier molecular flexibility index (Phi) is 5.26. The van der Waals surface area contributed by atoms with E-state index in [4.69, 9.17) is 5.26 Å². The van der Waals surface area contributed by atoms with Crippen LogP contribution in [0.2, 0.25) is 0 Å². The summed E-state index contributed by atoms with van der Waals surface area (Å²) >= 11 is 1.08. The highest BCUT2D eigenvalue weighted by Gasteiger charge is 2.20. The summed E-state index contributed by atoms with van der Waals surface area (Å²) in [6, 6.07) is 2.96. The summed E-state index contributed by atoms with van der Waals surface area (Å²) in [6.07, 6.45) is 1.26. The monoisotopic (exact) mass is 281 g/mol. The number of ether oxygens (including phenoxy) is 1. The van der Waals surface area contributed by atoms with Crippen LogP contribution < -0.4 is 0 Å². The van der Waals surface area contributed by atoms with Crippen molar-refractivity contribution >= 4 is 23.4 Å². The molecule has 1 aromatic rings. The molecule has 0 bridgehead atoms. The lowest BCUT2D eigenvalue weighted by Crippen LogP contribution is -2.15. The number of rotatable bonds is 5. The van der Waals surface area contributed by atoms with Gasteiger partial charge in [-0.1, -0.05) is 18.7 Å². The highest BCUT2D eigenvalue weighted by atomic mass is 32.2. The number of pyridine rings is 1. The Morgan fingerprint density at radius 3 is 2.95 bits per heavy atom. The molecule has 8 heteroatoms. The number of nitro groups is 1. The second-order valence-corrected chi connectivity index (χ2v) is 4.66. The van der Waals surface area contributed by atoms with E-state index in [1.54, 1.807) is 13.0 Å². The Morgan fingerprint density at radius 1 is 1.74 bits per heavy atom. The van der Waals surface area contributed by atoms with Crippen molar-refractivity contribution in [3.63, 3.8) is 0 Å². The molecule has 7 nitrogen and oxygen atoms in total. The summed E-state index contributed by atoms with van der Waals surface area (Å²) in [6.45, 7) is 1.66. The molecule has 1 atom stereocenters. The summed E-state index contributed by atoms with van der Waals surface area (Å²) in [5.41, 5.74) is -0.113. The van der Waals surface area contributed by atoms with Gasteiger partial charge < -0.3 is 4.74 Å². The maximum Gasteiger partial charge on any atom is 0.309 e. The molecular formula is C11H11N3O4S. The van der Waals surface area contributed by atoms with Gasteiger partial charge in [-0.05, 0) is 0 Å². The van der Waals surface area contributed by atoms with Crippen LogP contribution in [0.25, 0.3) is 0 Å². The lowest BCUT2D eigenvalue weighted by molar-refractivity contribution is -0.388. The van der Waals surface area contributed by atoms with E-state index in [2.05, 4.69) is 9.72 Å². The van der Waals surface area contributed by atoms with Gasteiger partial charge in [0, 0.05) is 18.0 Å². The molecule has 1 aromatic heterocycles. The average Bonchev–Trinajstić information content (AvgIpc) is 2.43. The molecule has 0 spiro atoms. The first-order chi connectivity index (χ1) is 8.99. The van der Waals surface area contributed by atoms with Gasteiger partial charge >= 0.3 is 11.7 Å². The smallest absolute Gasteiger partial charge is 0.309 e. The summed E-state index contributed by atoms with van der Waals surface area (Å²) < 4.78 is 4.57. The normalized spacial score (nSPS) is 11.4. The minimum atomic E-state index is -0.598. The topological polar surface area (TPSA) is 106 Å². The van der Waals surface area contributed by atoms with Gasteiger partial charge in [0.05, 0.1) is 23.5 Å². The zero-order valence-electron chi connectivity index (χ0n) is 10.3. The van der Waals surface area contributed by atoms with Crippen molar-refractivity contribution in [3.05, 3.63) is 27.9 Å². The van der Waals surface area contributed by atoms with Crippen LogP contribution in [-0.4, -0.2) is 28.7 Å². The second-order valence-electron chi connectivity index (χ2n) is 3.65. The van der Waals surface area contributed by atoms with Crippen LogP contribution in [0, 0.1) is 27.4 Å². The average molecular weight is 281 g/mol. The summed E-state index contributed by atoms with van der Waals surface area (Å²) in [5.74, 6) is -0.470. The maximum absolute atomic E-state index is 11.2. The van der Waals surface area contributed by atoms with E-state index in [0.717, 1.165) is 17.8 Å². The van der Waals surface area contributed by atoms with Gasteiger partial charge in [0.2, 0.25) is 0 Å². The van der Waals surface area contributed by atoms with Crippen LogP contribution in [0.5, 0.6) is 0 Å². The predicted octanol–water partition coefficient (Wildman–Crippen LogP) is 1.76. The van der Waals surface area contributed by atoms with Crippen molar-refractivity contribution in [3.8, 4) is 6.07 Å². The van der Waals surface area contributed by atoms with Crippen LogP contribution in [0.3, 0.4) is 0 Å². The Balaban J connectivity index is 2.87. The molecular weight excluding hydrogens is 270 g/mol. The third-order valence-electron chi connectivity index (χ3n) is 2.23. The molecule has 19 heavy (non-hydrogen) atoms. The molecule has 1 unspecified atom stereocenters. The predicted molar refractivity (Wildman–Crippen MR) is 67.5 cm³/mol. The molecule has 1 rings (SSSR count). The van der Waals surface area contributed by atoms with Crippen molar-refractivity contribution in [1.82, 2.24) is 4.98 Å². The Morgan fingerprint density at radius 2 is 2.42 bits per heavy atom. The highest BCUT2D eigenvalue weighted by Crippen LogP contribution is 2.29. The zero-order chi connectivity index (χ0) is 14.4. The minimum absolute atomic E-state index is 0.122. The Bertz CT molecular complexity index is 541. The number of carbonyl (C=O) groups excluding carboxylic acids is 1. The number of nitrogens with zero attached hydrogens (tertiary/aromatic N) is 3. The lowest BCUT2D eigenvalue weighted by atomic mass is 10.2. The standard InChI is InChI=1S/C11H11N3O4S/c1-7(11(15)18-2)6-19-10-9(14(16)17)3-8(4-12)5-13-10/h3,5,7H,6H2,1-2H3. The van der Waals surface area contributed by atoms with E-state index in [0.29, 0.717) is 5.75 Å². The van der Waals surface area contributed by atoms with Gasteiger partial charge in [0.15, 0.2) is 5.03 Å². The van der Waals surface area contributed by atoms with Gasteiger partial charge in [-0.25, -0.2) is 4.98 Å². The molecule has 0 saturated carbocycles. The molecule has 0 aliphatic heterocycles. The largest absolute Gasteiger partial charge is 0.469 e. The van der Waals surface area contributed by atoms with Gasteiger partial charge in [0.25, 0.3) is 0 Å². The number of hydrogen-bond acceptors (Lipinski definition) is 7.